The topological polar surface area (TPSA) is 91.0 Å². The molecule has 7 nitrogen and oxygen atoms in total. The molecular weight excluding hydrogens is 353 g/mol. The summed E-state index contributed by atoms with van der Waals surface area (Å²) >= 11 is 0. The van der Waals surface area contributed by atoms with E-state index in [9.17, 15) is 18.0 Å². The molecule has 26 heavy (non-hydrogen) atoms. The van der Waals surface area contributed by atoms with Crippen LogP contribution in [0.3, 0.4) is 0 Å². The number of aromatic nitrogens is 4. The van der Waals surface area contributed by atoms with Gasteiger partial charge in [-0.15, -0.1) is 0 Å². The lowest BCUT2D eigenvalue weighted by atomic mass is 10.1. The normalized spacial score (nSPS) is 11.4. The fraction of sp³-hybridized carbons (Fsp3) is 0.188. The first-order valence-electron chi connectivity index (χ1n) is 7.29. The minimum Gasteiger partial charge on any atom is -0.451 e. The van der Waals surface area contributed by atoms with Crippen molar-refractivity contribution in [2.75, 3.05) is 0 Å². The Hall–Kier alpha value is -3.30. The summed E-state index contributed by atoms with van der Waals surface area (Å²) in [6.07, 6.45) is -1.72. The lowest BCUT2D eigenvalue weighted by molar-refractivity contribution is -0.137. The Bertz CT molecular complexity index is 906. The van der Waals surface area contributed by atoms with Crippen LogP contribution in [0, 0.1) is 6.92 Å². The number of halogens is 3. The van der Waals surface area contributed by atoms with E-state index in [1.807, 2.05) is 0 Å². The molecule has 2 aromatic heterocycles. The molecule has 0 spiro atoms. The number of carbonyl (C=O) groups is 1. The fourth-order valence-electron chi connectivity index (χ4n) is 1.94. The molecule has 0 aliphatic carbocycles. The number of alkyl halides is 3. The van der Waals surface area contributed by atoms with E-state index in [1.54, 1.807) is 6.92 Å². The van der Waals surface area contributed by atoms with Crippen molar-refractivity contribution in [2.45, 2.75) is 19.7 Å². The monoisotopic (exact) mass is 364 g/mol. The molecule has 0 aliphatic heterocycles. The number of hydrogen-bond acceptors (Lipinski definition) is 7. The number of aryl methyl sites for hydroxylation is 1. The van der Waals surface area contributed by atoms with Crippen LogP contribution in [0.15, 0.2) is 41.2 Å². The number of rotatable bonds is 4. The summed E-state index contributed by atoms with van der Waals surface area (Å²) in [5.41, 5.74) is 0.236. The highest BCUT2D eigenvalue weighted by Gasteiger charge is 2.30. The van der Waals surface area contributed by atoms with Gasteiger partial charge in [-0.1, -0.05) is 17.3 Å². The molecular formula is C16H11F3N4O3. The largest absolute Gasteiger partial charge is 0.451 e. The van der Waals surface area contributed by atoms with Crippen LogP contribution in [0.1, 0.15) is 27.6 Å². The van der Waals surface area contributed by atoms with E-state index in [2.05, 4.69) is 20.1 Å². The van der Waals surface area contributed by atoms with Gasteiger partial charge in [-0.05, 0) is 19.1 Å². The van der Waals surface area contributed by atoms with Crippen molar-refractivity contribution in [1.82, 2.24) is 20.1 Å². The summed E-state index contributed by atoms with van der Waals surface area (Å²) in [5.74, 6) is -0.639. The molecule has 0 N–H and O–H groups in total. The van der Waals surface area contributed by atoms with E-state index in [0.29, 0.717) is 11.3 Å². The van der Waals surface area contributed by atoms with Gasteiger partial charge < -0.3 is 9.26 Å². The van der Waals surface area contributed by atoms with Gasteiger partial charge in [0.25, 0.3) is 5.89 Å². The number of hydrogen-bond donors (Lipinski definition) is 0. The average molecular weight is 364 g/mol. The number of nitrogens with zero attached hydrogens (tertiary/aromatic N) is 4. The zero-order valence-electron chi connectivity index (χ0n) is 13.3. The molecule has 1 aromatic carbocycles. The Morgan fingerprint density at radius 3 is 2.50 bits per heavy atom. The third-order valence-electron chi connectivity index (χ3n) is 3.26. The van der Waals surface area contributed by atoms with Crippen molar-refractivity contribution in [1.29, 1.82) is 0 Å². The van der Waals surface area contributed by atoms with Crippen molar-refractivity contribution < 1.29 is 27.2 Å². The van der Waals surface area contributed by atoms with Crippen LogP contribution in [0.4, 0.5) is 13.2 Å². The predicted molar refractivity (Wildman–Crippen MR) is 80.6 cm³/mol. The van der Waals surface area contributed by atoms with E-state index in [1.165, 1.54) is 24.5 Å². The third-order valence-corrected chi connectivity index (χ3v) is 3.26. The lowest BCUT2D eigenvalue weighted by Crippen LogP contribution is -2.08. The Morgan fingerprint density at radius 2 is 1.88 bits per heavy atom. The zero-order chi connectivity index (χ0) is 18.7. The van der Waals surface area contributed by atoms with E-state index < -0.39 is 17.7 Å². The number of benzene rings is 1. The molecule has 0 bridgehead atoms. The van der Waals surface area contributed by atoms with Crippen molar-refractivity contribution >= 4 is 5.97 Å². The highest BCUT2D eigenvalue weighted by molar-refractivity contribution is 5.86. The molecule has 0 unspecified atom stereocenters. The standard InChI is InChI=1S/C16H11F3N4O3/c1-9-6-21-12(7-20-9)15(24)25-8-13-22-14(23-26-13)10-2-4-11(5-3-10)16(17,18)19/h2-7H,8H2,1H3. The van der Waals surface area contributed by atoms with Crippen LogP contribution in [0.5, 0.6) is 0 Å². The molecule has 3 aromatic rings. The molecule has 0 saturated carbocycles. The van der Waals surface area contributed by atoms with E-state index in [0.717, 1.165) is 12.1 Å². The van der Waals surface area contributed by atoms with Gasteiger partial charge in [0.15, 0.2) is 12.3 Å². The van der Waals surface area contributed by atoms with Crippen LogP contribution < -0.4 is 0 Å². The second-order valence-corrected chi connectivity index (χ2v) is 5.21. The molecule has 3 rings (SSSR count). The highest BCUT2D eigenvalue weighted by atomic mass is 19.4. The van der Waals surface area contributed by atoms with Crippen molar-refractivity contribution in [3.63, 3.8) is 0 Å². The summed E-state index contributed by atoms with van der Waals surface area (Å²) in [7, 11) is 0. The van der Waals surface area contributed by atoms with Gasteiger partial charge in [0.2, 0.25) is 5.82 Å². The summed E-state index contributed by atoms with van der Waals surface area (Å²) in [4.78, 5) is 23.6. The van der Waals surface area contributed by atoms with Gasteiger partial charge in [0.1, 0.15) is 0 Å². The predicted octanol–water partition coefficient (Wildman–Crippen LogP) is 3.21. The van der Waals surface area contributed by atoms with Gasteiger partial charge in [-0.2, -0.15) is 18.2 Å². The molecule has 0 atom stereocenters. The van der Waals surface area contributed by atoms with Crippen LogP contribution in [0.2, 0.25) is 0 Å². The summed E-state index contributed by atoms with van der Waals surface area (Å²) in [5, 5.41) is 3.65. The minimum atomic E-state index is -4.42. The van der Waals surface area contributed by atoms with Gasteiger partial charge >= 0.3 is 12.1 Å². The molecule has 134 valence electrons. The fourth-order valence-corrected chi connectivity index (χ4v) is 1.94. The zero-order valence-corrected chi connectivity index (χ0v) is 13.3. The molecule has 0 radical (unpaired) electrons. The summed E-state index contributed by atoms with van der Waals surface area (Å²) < 4.78 is 47.6. The maximum absolute atomic E-state index is 12.6. The first kappa shape index (κ1) is 17.5. The SMILES string of the molecule is Cc1cnc(C(=O)OCc2nc(-c3ccc(C(F)(F)F)cc3)no2)cn1. The van der Waals surface area contributed by atoms with E-state index in [-0.39, 0.29) is 24.0 Å². The second kappa shape index (κ2) is 6.90. The number of esters is 1. The summed E-state index contributed by atoms with van der Waals surface area (Å²) in [6, 6.07) is 4.29. The van der Waals surface area contributed by atoms with Crippen LogP contribution in [-0.4, -0.2) is 26.1 Å². The first-order valence-corrected chi connectivity index (χ1v) is 7.29. The van der Waals surface area contributed by atoms with Gasteiger partial charge in [-0.25, -0.2) is 9.78 Å². The third kappa shape index (κ3) is 4.02. The van der Waals surface area contributed by atoms with Gasteiger partial charge in [-0.3, -0.25) is 4.98 Å². The summed E-state index contributed by atoms with van der Waals surface area (Å²) in [6.45, 7) is 1.42. The molecule has 10 heteroatoms. The minimum absolute atomic E-state index is 0.00619. The maximum atomic E-state index is 12.6. The average Bonchev–Trinajstić information content (AvgIpc) is 3.09. The Morgan fingerprint density at radius 1 is 1.15 bits per heavy atom. The lowest BCUT2D eigenvalue weighted by Gasteiger charge is -2.05. The van der Waals surface area contributed by atoms with Gasteiger partial charge in [0.05, 0.1) is 17.5 Å². The molecule has 0 amide bonds. The first-order chi connectivity index (χ1) is 12.3. The molecule has 0 aliphatic rings. The highest BCUT2D eigenvalue weighted by Crippen LogP contribution is 2.30. The Kier molecular flexibility index (Phi) is 4.65. The van der Waals surface area contributed by atoms with Crippen molar-refractivity contribution in [3.8, 4) is 11.4 Å². The van der Waals surface area contributed by atoms with E-state index in [4.69, 9.17) is 9.26 Å². The molecule has 0 saturated heterocycles. The van der Waals surface area contributed by atoms with Crippen LogP contribution in [0.25, 0.3) is 11.4 Å². The smallest absolute Gasteiger partial charge is 0.416 e. The Balaban J connectivity index is 1.64. The number of ether oxygens (including phenoxy) is 1. The van der Waals surface area contributed by atoms with Crippen molar-refractivity contribution in [2.24, 2.45) is 0 Å². The Labute approximate surface area is 144 Å². The maximum Gasteiger partial charge on any atom is 0.416 e. The second-order valence-electron chi connectivity index (χ2n) is 5.21. The molecule has 2 heterocycles. The molecule has 0 fully saturated rings. The van der Waals surface area contributed by atoms with Crippen LogP contribution >= 0.6 is 0 Å². The quantitative estimate of drug-likeness (QED) is 0.657. The van der Waals surface area contributed by atoms with Crippen LogP contribution in [-0.2, 0) is 17.5 Å². The number of carbonyl (C=O) groups excluding carboxylic acids is 1. The van der Waals surface area contributed by atoms with Gasteiger partial charge in [0, 0.05) is 11.8 Å². The van der Waals surface area contributed by atoms with Crippen molar-refractivity contribution in [3.05, 3.63) is 59.5 Å². The van der Waals surface area contributed by atoms with E-state index >= 15 is 0 Å².